The molecule has 0 saturated heterocycles. The van der Waals surface area contributed by atoms with Crippen LogP contribution in [0.4, 0.5) is 0 Å². The first-order valence-electron chi connectivity index (χ1n) is 21.1. The van der Waals surface area contributed by atoms with Crippen LogP contribution in [0, 0.1) is 0 Å². The fraction of sp³-hybridized carbons (Fsp3) is 0.0351. The number of benzene rings is 8. The van der Waals surface area contributed by atoms with E-state index in [0.29, 0.717) is 18.1 Å². The SMILES string of the molecule is C1=CC(c2nc(-c3ccccc3)nc(-c3ccc(-c4ccccc4)cc3)n2)CC(n2c3ccccc3c3ccc(-c4cc(-c5ccccc5)c5oc6ccccc6c5c4)cc32)=C1. The zero-order valence-electron chi connectivity index (χ0n) is 33.7. The zero-order valence-corrected chi connectivity index (χ0v) is 33.7. The molecule has 11 aromatic rings. The van der Waals surface area contributed by atoms with E-state index in [2.05, 4.69) is 187 Å². The van der Waals surface area contributed by atoms with Gasteiger partial charge < -0.3 is 8.98 Å². The Balaban J connectivity index is 0.967. The maximum absolute atomic E-state index is 6.54. The van der Waals surface area contributed by atoms with Gasteiger partial charge in [0.15, 0.2) is 11.6 Å². The van der Waals surface area contributed by atoms with Crippen LogP contribution in [0.2, 0.25) is 0 Å². The van der Waals surface area contributed by atoms with E-state index in [9.17, 15) is 0 Å². The summed E-state index contributed by atoms with van der Waals surface area (Å²) in [5, 5.41) is 4.65. The highest BCUT2D eigenvalue weighted by Crippen LogP contribution is 2.42. The Morgan fingerprint density at radius 1 is 0.435 bits per heavy atom. The minimum atomic E-state index is -0.0765. The summed E-state index contributed by atoms with van der Waals surface area (Å²) in [7, 11) is 0. The maximum Gasteiger partial charge on any atom is 0.163 e. The lowest BCUT2D eigenvalue weighted by Crippen LogP contribution is -2.11. The molecular weight excluding hydrogens is 757 g/mol. The Morgan fingerprint density at radius 3 is 1.77 bits per heavy atom. The number of furan rings is 1. The van der Waals surface area contributed by atoms with Crippen molar-refractivity contribution in [2.45, 2.75) is 12.3 Å². The molecule has 3 heterocycles. The van der Waals surface area contributed by atoms with Crippen molar-refractivity contribution in [3.63, 3.8) is 0 Å². The van der Waals surface area contributed by atoms with Gasteiger partial charge in [0.2, 0.25) is 0 Å². The number of nitrogens with zero attached hydrogens (tertiary/aromatic N) is 4. The summed E-state index contributed by atoms with van der Waals surface area (Å²) in [6, 6.07) is 68.2. The number of allylic oxidation sites excluding steroid dienone is 4. The lowest BCUT2D eigenvalue weighted by atomic mass is 9.95. The predicted octanol–water partition coefficient (Wildman–Crippen LogP) is 14.8. The molecule has 0 saturated carbocycles. The van der Waals surface area contributed by atoms with E-state index in [4.69, 9.17) is 19.4 Å². The molecule has 1 unspecified atom stereocenters. The largest absolute Gasteiger partial charge is 0.455 e. The van der Waals surface area contributed by atoms with Gasteiger partial charge in [-0.25, -0.2) is 15.0 Å². The molecule has 62 heavy (non-hydrogen) atoms. The lowest BCUT2D eigenvalue weighted by molar-refractivity contribution is 0.670. The molecule has 0 amide bonds. The second kappa shape index (κ2) is 14.8. The van der Waals surface area contributed by atoms with Crippen molar-refractivity contribution >= 4 is 49.4 Å². The van der Waals surface area contributed by atoms with Crippen LogP contribution in [-0.4, -0.2) is 19.5 Å². The van der Waals surface area contributed by atoms with Gasteiger partial charge in [0.25, 0.3) is 0 Å². The van der Waals surface area contributed by atoms with Crippen molar-refractivity contribution in [3.05, 3.63) is 218 Å². The van der Waals surface area contributed by atoms with Gasteiger partial charge in [-0.3, -0.25) is 0 Å². The fourth-order valence-electron chi connectivity index (χ4n) is 9.14. The summed E-state index contributed by atoms with van der Waals surface area (Å²) in [5.74, 6) is 2.00. The third-order valence-electron chi connectivity index (χ3n) is 12.2. The van der Waals surface area contributed by atoms with Crippen LogP contribution in [0.5, 0.6) is 0 Å². The van der Waals surface area contributed by atoms with Crippen molar-refractivity contribution in [2.24, 2.45) is 0 Å². The smallest absolute Gasteiger partial charge is 0.163 e. The van der Waals surface area contributed by atoms with E-state index < -0.39 is 0 Å². The van der Waals surface area contributed by atoms with E-state index in [0.717, 1.165) is 72.2 Å². The third kappa shape index (κ3) is 6.22. The normalized spacial score (nSPS) is 13.9. The molecule has 0 aliphatic heterocycles. The summed E-state index contributed by atoms with van der Waals surface area (Å²) in [5.41, 5.74) is 14.0. The first-order chi connectivity index (χ1) is 30.7. The first kappa shape index (κ1) is 35.8. The van der Waals surface area contributed by atoms with Crippen molar-refractivity contribution in [1.82, 2.24) is 19.5 Å². The fourth-order valence-corrected chi connectivity index (χ4v) is 9.14. The van der Waals surface area contributed by atoms with Gasteiger partial charge in [0.05, 0.1) is 11.0 Å². The van der Waals surface area contributed by atoms with E-state index in [-0.39, 0.29) is 5.92 Å². The maximum atomic E-state index is 6.54. The van der Waals surface area contributed by atoms with E-state index >= 15 is 0 Å². The Morgan fingerprint density at radius 2 is 1.02 bits per heavy atom. The zero-order chi connectivity index (χ0) is 41.0. The predicted molar refractivity (Wildman–Crippen MR) is 254 cm³/mol. The van der Waals surface area contributed by atoms with Crippen LogP contribution in [-0.2, 0) is 0 Å². The van der Waals surface area contributed by atoms with Gasteiger partial charge >= 0.3 is 0 Å². The number of fused-ring (bicyclic) bond motifs is 6. The molecule has 3 aromatic heterocycles. The van der Waals surface area contributed by atoms with E-state index in [1.807, 2.05) is 30.3 Å². The van der Waals surface area contributed by atoms with E-state index in [1.165, 1.54) is 27.5 Å². The molecule has 12 rings (SSSR count). The average Bonchev–Trinajstić information content (AvgIpc) is 3.90. The van der Waals surface area contributed by atoms with Crippen molar-refractivity contribution in [1.29, 1.82) is 0 Å². The molecule has 5 nitrogen and oxygen atoms in total. The van der Waals surface area contributed by atoms with Gasteiger partial charge in [0, 0.05) is 56.3 Å². The van der Waals surface area contributed by atoms with Crippen LogP contribution >= 0.6 is 0 Å². The molecule has 0 spiro atoms. The molecule has 1 atom stereocenters. The second-order valence-corrected chi connectivity index (χ2v) is 16.0. The van der Waals surface area contributed by atoms with Gasteiger partial charge in [-0.15, -0.1) is 0 Å². The summed E-state index contributed by atoms with van der Waals surface area (Å²) < 4.78 is 8.98. The van der Waals surface area contributed by atoms with Crippen molar-refractivity contribution in [2.75, 3.05) is 0 Å². The highest BCUT2D eigenvalue weighted by atomic mass is 16.3. The molecule has 8 aromatic carbocycles. The Hall–Kier alpha value is -8.15. The molecule has 292 valence electrons. The first-order valence-corrected chi connectivity index (χ1v) is 21.1. The Kier molecular flexibility index (Phi) is 8.56. The summed E-state index contributed by atoms with van der Waals surface area (Å²) in [6.45, 7) is 0. The summed E-state index contributed by atoms with van der Waals surface area (Å²) in [4.78, 5) is 15.4. The monoisotopic (exact) mass is 794 g/mol. The number of hydrogen-bond donors (Lipinski definition) is 0. The Labute approximate surface area is 358 Å². The quantitative estimate of drug-likeness (QED) is 0.161. The lowest BCUT2D eigenvalue weighted by Gasteiger charge is -2.21. The standard InChI is InChI=1S/C57H38N4O/c1-4-15-37(16-5-1)38-27-29-41(30-28-38)56-58-55(40-19-8-3-9-20-40)59-57(60-56)43-21-14-22-45(33-43)61-51-25-12-10-23-46(51)47-32-31-42(36-52(47)61)44-34-49(39-17-6-2-7-18-39)54-50(35-44)48-24-11-13-26-53(48)62-54/h1-32,34-36,43H,33H2. The van der Waals surface area contributed by atoms with Crippen LogP contribution in [0.25, 0.3) is 106 Å². The van der Waals surface area contributed by atoms with Gasteiger partial charge in [0.1, 0.15) is 17.0 Å². The molecule has 0 radical (unpaired) electrons. The molecule has 1 aliphatic carbocycles. The molecular formula is C57H38N4O. The van der Waals surface area contributed by atoms with Crippen LogP contribution in [0.3, 0.4) is 0 Å². The number of rotatable bonds is 7. The second-order valence-electron chi connectivity index (χ2n) is 16.0. The highest BCUT2D eigenvalue weighted by Gasteiger charge is 2.24. The summed E-state index contributed by atoms with van der Waals surface area (Å²) in [6.07, 6.45) is 7.35. The third-order valence-corrected chi connectivity index (χ3v) is 12.2. The minimum Gasteiger partial charge on any atom is -0.455 e. The number of para-hydroxylation sites is 2. The number of hydrogen-bond acceptors (Lipinski definition) is 4. The van der Waals surface area contributed by atoms with Crippen molar-refractivity contribution in [3.8, 4) is 56.2 Å². The topological polar surface area (TPSA) is 56.7 Å². The van der Waals surface area contributed by atoms with Gasteiger partial charge in [-0.05, 0) is 64.2 Å². The molecule has 0 N–H and O–H groups in total. The average molecular weight is 795 g/mol. The van der Waals surface area contributed by atoms with Crippen LogP contribution in [0.15, 0.2) is 217 Å². The molecule has 1 aliphatic rings. The minimum absolute atomic E-state index is 0.0765. The van der Waals surface area contributed by atoms with E-state index in [1.54, 1.807) is 0 Å². The number of aromatic nitrogens is 4. The van der Waals surface area contributed by atoms with Gasteiger partial charge in [-0.1, -0.05) is 176 Å². The van der Waals surface area contributed by atoms with Gasteiger partial charge in [-0.2, -0.15) is 0 Å². The Bertz CT molecular complexity index is 3530. The highest BCUT2D eigenvalue weighted by molar-refractivity contribution is 6.13. The molecule has 5 heteroatoms. The van der Waals surface area contributed by atoms with Crippen LogP contribution in [0.1, 0.15) is 18.2 Å². The molecule has 0 fully saturated rings. The van der Waals surface area contributed by atoms with Crippen molar-refractivity contribution < 1.29 is 4.42 Å². The summed E-state index contributed by atoms with van der Waals surface area (Å²) >= 11 is 0. The molecule has 0 bridgehead atoms. The van der Waals surface area contributed by atoms with Crippen LogP contribution < -0.4 is 0 Å².